The molecule has 3 N–H and O–H groups in total. The van der Waals surface area contributed by atoms with Crippen LogP contribution in [-0.2, 0) is 16.0 Å². The van der Waals surface area contributed by atoms with Crippen molar-refractivity contribution in [3.05, 3.63) is 47.3 Å². The van der Waals surface area contributed by atoms with E-state index in [0.29, 0.717) is 18.5 Å². The maximum atomic E-state index is 13.5. The van der Waals surface area contributed by atoms with E-state index in [1.54, 1.807) is 24.3 Å². The van der Waals surface area contributed by atoms with Crippen LogP contribution in [0, 0.1) is 11.7 Å². The Hall–Kier alpha value is -2.34. The lowest BCUT2D eigenvalue weighted by Crippen LogP contribution is -2.36. The van der Waals surface area contributed by atoms with Crippen molar-refractivity contribution >= 4 is 17.5 Å². The number of amides is 2. The van der Waals surface area contributed by atoms with E-state index in [1.165, 1.54) is 6.07 Å². The van der Waals surface area contributed by atoms with Gasteiger partial charge >= 0.3 is 0 Å². The summed E-state index contributed by atoms with van der Waals surface area (Å²) in [4.78, 5) is 28.1. The van der Waals surface area contributed by atoms with Gasteiger partial charge in [-0.15, -0.1) is 0 Å². The second-order valence-electron chi connectivity index (χ2n) is 5.55. The molecule has 1 aliphatic carbocycles. The predicted molar refractivity (Wildman–Crippen MR) is 84.6 cm³/mol. The number of aliphatic imine (C=N–C) groups is 1. The first kappa shape index (κ1) is 17.0. The summed E-state index contributed by atoms with van der Waals surface area (Å²) in [6, 6.07) is 6.46. The molecule has 2 amide bonds. The molecule has 2 aliphatic rings. The molecule has 1 aliphatic heterocycles. The van der Waals surface area contributed by atoms with Crippen molar-refractivity contribution in [1.82, 2.24) is 5.32 Å². The zero-order valence-electron chi connectivity index (χ0n) is 12.6. The molecule has 5 nitrogen and oxygen atoms in total. The molecule has 0 spiro atoms. The molecule has 0 radical (unpaired) electrons. The average Bonchev–Trinajstić information content (AvgIpc) is 2.95. The van der Waals surface area contributed by atoms with Gasteiger partial charge in [-0.1, -0.05) is 24.3 Å². The Morgan fingerprint density at radius 1 is 1.30 bits per heavy atom. The Morgan fingerprint density at radius 3 is 2.87 bits per heavy atom. The van der Waals surface area contributed by atoms with E-state index in [9.17, 15) is 14.0 Å². The molecule has 1 fully saturated rings. The van der Waals surface area contributed by atoms with E-state index in [1.807, 2.05) is 0 Å². The Bertz CT molecular complexity index is 682. The van der Waals surface area contributed by atoms with Crippen molar-refractivity contribution in [2.24, 2.45) is 10.9 Å². The van der Waals surface area contributed by atoms with Crippen LogP contribution in [0.3, 0.4) is 0 Å². The lowest BCUT2D eigenvalue weighted by molar-refractivity contribution is -0.131. The van der Waals surface area contributed by atoms with Crippen LogP contribution in [0.1, 0.15) is 24.8 Å². The van der Waals surface area contributed by atoms with Gasteiger partial charge in [-0.05, 0) is 42.9 Å². The molecule has 1 aromatic rings. The predicted octanol–water partition coefficient (Wildman–Crippen LogP) is 1.37. The van der Waals surface area contributed by atoms with Gasteiger partial charge in [0.05, 0.1) is 0 Å². The van der Waals surface area contributed by atoms with Crippen LogP contribution in [0.2, 0.25) is 0 Å². The summed E-state index contributed by atoms with van der Waals surface area (Å²) in [6.07, 6.45) is 4.81. The zero-order valence-corrected chi connectivity index (χ0v) is 12.6. The van der Waals surface area contributed by atoms with Gasteiger partial charge in [-0.2, -0.15) is 0 Å². The highest BCUT2D eigenvalue weighted by Crippen LogP contribution is 2.27. The minimum atomic E-state index is -0.836. The second-order valence-corrected chi connectivity index (χ2v) is 5.55. The van der Waals surface area contributed by atoms with Crippen molar-refractivity contribution in [3.8, 4) is 0 Å². The fourth-order valence-corrected chi connectivity index (χ4v) is 2.85. The molecule has 6 heteroatoms. The second kappa shape index (κ2) is 7.28. The molecule has 1 atom stereocenters. The molecular formula is C17H19FN2O3. The molecule has 122 valence electrons. The van der Waals surface area contributed by atoms with Crippen LogP contribution in [0.15, 0.2) is 40.9 Å². The largest absolute Gasteiger partial charge is 0.412 e. The van der Waals surface area contributed by atoms with Crippen molar-refractivity contribution in [2.75, 3.05) is 6.54 Å². The van der Waals surface area contributed by atoms with E-state index in [4.69, 9.17) is 0 Å². The van der Waals surface area contributed by atoms with Crippen LogP contribution < -0.4 is 5.32 Å². The summed E-state index contributed by atoms with van der Waals surface area (Å²) in [5, 5.41) is 2.70. The zero-order chi connectivity index (χ0) is 15.5. The van der Waals surface area contributed by atoms with Crippen molar-refractivity contribution in [1.29, 1.82) is 0 Å². The van der Waals surface area contributed by atoms with Crippen molar-refractivity contribution in [3.63, 3.8) is 0 Å². The molecule has 1 aromatic carbocycles. The van der Waals surface area contributed by atoms with Gasteiger partial charge in [0.1, 0.15) is 11.7 Å². The molecule has 1 saturated carbocycles. The molecule has 0 aromatic heterocycles. The smallest absolute Gasteiger partial charge is 0.262 e. The standard InChI is InChI=1S/C17H17FN2O2.H2O/c18-14-6-2-1-4-11(14)8-9-19-16(21)13-10-12-5-3-7-15(12)20-17(13)22;/h1-2,4,6,10,13H,3,5,7-9H2,(H,19,21);1H2. The molecule has 1 unspecified atom stereocenters. The number of dihydropyridines is 1. The highest BCUT2D eigenvalue weighted by atomic mass is 19.1. The van der Waals surface area contributed by atoms with Gasteiger partial charge in [-0.3, -0.25) is 9.59 Å². The Kier molecular flexibility index (Phi) is 5.39. The van der Waals surface area contributed by atoms with Crippen LogP contribution in [0.4, 0.5) is 4.39 Å². The quantitative estimate of drug-likeness (QED) is 0.849. The Balaban J connectivity index is 0.00000192. The third kappa shape index (κ3) is 3.71. The highest BCUT2D eigenvalue weighted by Gasteiger charge is 2.31. The Morgan fingerprint density at radius 2 is 2.09 bits per heavy atom. The van der Waals surface area contributed by atoms with E-state index >= 15 is 0 Å². The topological polar surface area (TPSA) is 90.0 Å². The number of fused-ring (bicyclic) bond motifs is 1. The first-order valence-corrected chi connectivity index (χ1v) is 7.49. The molecule has 23 heavy (non-hydrogen) atoms. The third-order valence-corrected chi connectivity index (χ3v) is 4.04. The summed E-state index contributed by atoms with van der Waals surface area (Å²) in [7, 11) is 0. The first-order chi connectivity index (χ1) is 10.6. The fourth-order valence-electron chi connectivity index (χ4n) is 2.85. The van der Waals surface area contributed by atoms with E-state index in [2.05, 4.69) is 10.3 Å². The number of hydrogen-bond donors (Lipinski definition) is 1. The lowest BCUT2D eigenvalue weighted by atomic mass is 9.99. The number of nitrogens with zero attached hydrogens (tertiary/aromatic N) is 1. The summed E-state index contributed by atoms with van der Waals surface area (Å²) >= 11 is 0. The summed E-state index contributed by atoms with van der Waals surface area (Å²) < 4.78 is 13.5. The number of halogens is 1. The van der Waals surface area contributed by atoms with Crippen LogP contribution in [0.25, 0.3) is 0 Å². The number of nitrogens with one attached hydrogen (secondary N) is 1. The van der Waals surface area contributed by atoms with Gasteiger partial charge in [-0.25, -0.2) is 9.38 Å². The lowest BCUT2D eigenvalue weighted by Gasteiger charge is -2.15. The SMILES string of the molecule is O.O=C1N=C2CCCC2=CC1C(=O)NCCc1ccccc1F. The van der Waals surface area contributed by atoms with Crippen molar-refractivity contribution in [2.45, 2.75) is 25.7 Å². The molecule has 3 rings (SSSR count). The van der Waals surface area contributed by atoms with E-state index in [0.717, 1.165) is 30.5 Å². The van der Waals surface area contributed by atoms with E-state index < -0.39 is 11.8 Å². The van der Waals surface area contributed by atoms with Crippen LogP contribution >= 0.6 is 0 Å². The summed E-state index contributed by atoms with van der Waals surface area (Å²) in [5.41, 5.74) is 2.40. The molecule has 0 saturated heterocycles. The number of benzene rings is 1. The number of hydrogen-bond acceptors (Lipinski definition) is 2. The van der Waals surface area contributed by atoms with Gasteiger partial charge in [0, 0.05) is 12.3 Å². The maximum Gasteiger partial charge on any atom is 0.262 e. The number of allylic oxidation sites excluding steroid dienone is 1. The third-order valence-electron chi connectivity index (χ3n) is 4.04. The van der Waals surface area contributed by atoms with Gasteiger partial charge in [0.25, 0.3) is 5.91 Å². The number of carbonyl (C=O) groups excluding carboxylic acids is 2. The fraction of sp³-hybridized carbons (Fsp3) is 0.353. The summed E-state index contributed by atoms with van der Waals surface area (Å²) in [6.45, 7) is 0.295. The minimum Gasteiger partial charge on any atom is -0.412 e. The van der Waals surface area contributed by atoms with Crippen LogP contribution in [0.5, 0.6) is 0 Å². The van der Waals surface area contributed by atoms with Crippen LogP contribution in [-0.4, -0.2) is 29.5 Å². The van der Waals surface area contributed by atoms with Gasteiger partial charge in [0.15, 0.2) is 0 Å². The highest BCUT2D eigenvalue weighted by molar-refractivity contribution is 6.16. The first-order valence-electron chi connectivity index (χ1n) is 7.49. The number of carbonyl (C=O) groups is 2. The monoisotopic (exact) mass is 318 g/mol. The van der Waals surface area contributed by atoms with E-state index in [-0.39, 0.29) is 17.2 Å². The minimum absolute atomic E-state index is 0. The number of rotatable bonds is 4. The van der Waals surface area contributed by atoms with Gasteiger partial charge in [0.2, 0.25) is 5.91 Å². The average molecular weight is 318 g/mol. The van der Waals surface area contributed by atoms with Crippen molar-refractivity contribution < 1.29 is 19.5 Å². The normalized spacial score (nSPS) is 19.3. The maximum absolute atomic E-state index is 13.5. The molecular weight excluding hydrogens is 299 g/mol. The molecule has 0 bridgehead atoms. The van der Waals surface area contributed by atoms with Gasteiger partial charge < -0.3 is 10.8 Å². The summed E-state index contributed by atoms with van der Waals surface area (Å²) in [5.74, 6) is -1.88. The Labute approximate surface area is 133 Å². The molecule has 1 heterocycles.